The number of halogens is 7. The minimum absolute atomic E-state index is 0.261. The summed E-state index contributed by atoms with van der Waals surface area (Å²) in [5.41, 5.74) is -0.489. The maximum Gasteiger partial charge on any atom is 0.573 e. The Bertz CT molecular complexity index is 1030. The molecule has 0 aliphatic heterocycles. The van der Waals surface area contributed by atoms with Crippen LogP contribution in [0.1, 0.15) is 62.6 Å². The molecule has 1 aliphatic rings. The average Bonchev–Trinajstić information content (AvgIpc) is 2.75. The summed E-state index contributed by atoms with van der Waals surface area (Å²) < 4.78 is 96.8. The predicted octanol–water partition coefficient (Wildman–Crippen LogP) is 7.94. The van der Waals surface area contributed by atoms with Crippen LogP contribution >= 0.6 is 0 Å². The van der Waals surface area contributed by atoms with E-state index in [1.165, 1.54) is 31.4 Å². The van der Waals surface area contributed by atoms with Gasteiger partial charge in [0.25, 0.3) is 0 Å². The molecule has 2 aromatic carbocycles. The molecule has 0 spiro atoms. The van der Waals surface area contributed by atoms with Crippen molar-refractivity contribution in [2.24, 2.45) is 17.8 Å². The van der Waals surface area contributed by atoms with Gasteiger partial charge in [-0.15, -0.1) is 13.2 Å². The summed E-state index contributed by atoms with van der Waals surface area (Å²) in [7, 11) is 0. The van der Waals surface area contributed by atoms with E-state index in [0.29, 0.717) is 30.0 Å². The van der Waals surface area contributed by atoms with Crippen LogP contribution in [-0.4, -0.2) is 6.36 Å². The van der Waals surface area contributed by atoms with Gasteiger partial charge in [-0.1, -0.05) is 45.0 Å². The topological polar surface area (TPSA) is 9.23 Å². The van der Waals surface area contributed by atoms with Gasteiger partial charge in [-0.25, -0.2) is 17.6 Å². The van der Waals surface area contributed by atoms with Gasteiger partial charge in [-0.05, 0) is 66.8 Å². The van der Waals surface area contributed by atoms with Crippen LogP contribution < -0.4 is 4.74 Å². The van der Waals surface area contributed by atoms with Crippen molar-refractivity contribution in [2.75, 3.05) is 0 Å². The van der Waals surface area contributed by atoms with E-state index in [1.807, 2.05) is 0 Å². The van der Waals surface area contributed by atoms with Gasteiger partial charge in [0.1, 0.15) is 11.6 Å². The maximum absolute atomic E-state index is 14.6. The lowest BCUT2D eigenvalue weighted by atomic mass is 9.74. The summed E-state index contributed by atoms with van der Waals surface area (Å²) in [6.07, 6.45) is 0.961. The number of alkyl halides is 3. The lowest BCUT2D eigenvalue weighted by molar-refractivity contribution is -0.276. The third-order valence-electron chi connectivity index (χ3n) is 6.48. The summed E-state index contributed by atoms with van der Waals surface area (Å²) >= 11 is 0. The van der Waals surface area contributed by atoms with Crippen molar-refractivity contribution in [2.45, 2.75) is 58.7 Å². The highest BCUT2D eigenvalue weighted by Gasteiger charge is 2.34. The van der Waals surface area contributed by atoms with Gasteiger partial charge in [0.05, 0.1) is 5.56 Å². The molecule has 1 fully saturated rings. The molecule has 0 bridgehead atoms. The molecule has 0 amide bonds. The molecule has 8 heteroatoms. The first-order valence-corrected chi connectivity index (χ1v) is 11.2. The van der Waals surface area contributed by atoms with Crippen molar-refractivity contribution < 1.29 is 35.5 Å². The monoisotopic (exact) mass is 486 g/mol. The summed E-state index contributed by atoms with van der Waals surface area (Å²) in [4.78, 5) is 0. The molecule has 2 aromatic rings. The number of hydrogen-bond acceptors (Lipinski definition) is 1. The number of ether oxygens (including phenoxy) is 1. The van der Waals surface area contributed by atoms with Crippen LogP contribution in [-0.2, 0) is 6.42 Å². The molecule has 0 saturated heterocycles. The molecule has 1 atom stereocenters. The third kappa shape index (κ3) is 6.68. The highest BCUT2D eigenvalue weighted by atomic mass is 19.4. The molecule has 3 rings (SSSR count). The molecule has 1 aliphatic carbocycles. The van der Waals surface area contributed by atoms with Gasteiger partial charge >= 0.3 is 6.36 Å². The van der Waals surface area contributed by atoms with Crippen molar-refractivity contribution >= 4 is 0 Å². The quantitative estimate of drug-likeness (QED) is 0.308. The highest BCUT2D eigenvalue weighted by molar-refractivity contribution is 5.47. The summed E-state index contributed by atoms with van der Waals surface area (Å²) in [6, 6.07) is 3.39. The molecular formula is C26H25F7O. The fourth-order valence-corrected chi connectivity index (χ4v) is 4.55. The number of hydrogen-bond donors (Lipinski definition) is 0. The van der Waals surface area contributed by atoms with Crippen LogP contribution in [0.15, 0.2) is 24.3 Å². The SMILES string of the molecule is CCC1CCC(C(C)Cc2cc(F)c(C#Cc3cc(F)c(OC(F)(F)F)c(F)c3)c(F)c2)CC1. The smallest absolute Gasteiger partial charge is 0.399 e. The Hall–Kier alpha value is -2.69. The fraction of sp³-hybridized carbons (Fsp3) is 0.462. The highest BCUT2D eigenvalue weighted by Crippen LogP contribution is 2.36. The second-order valence-electron chi connectivity index (χ2n) is 8.87. The molecule has 34 heavy (non-hydrogen) atoms. The molecule has 1 nitrogen and oxygen atoms in total. The molecule has 1 saturated carbocycles. The van der Waals surface area contributed by atoms with E-state index in [2.05, 4.69) is 30.4 Å². The summed E-state index contributed by atoms with van der Waals surface area (Å²) in [6.45, 7) is 4.27. The van der Waals surface area contributed by atoms with Crippen LogP contribution in [0.4, 0.5) is 30.7 Å². The van der Waals surface area contributed by atoms with Gasteiger partial charge in [0, 0.05) is 5.56 Å². The second-order valence-corrected chi connectivity index (χ2v) is 8.87. The standard InChI is InChI=1S/C26H25F7O/c1-3-16-4-7-19(8-5-16)15(2)10-18-13-21(27)20(22(28)14-18)9-6-17-11-23(29)25(24(30)12-17)34-26(31,32)33/h11-16,19H,3-5,7-8,10H2,1-2H3. The van der Waals surface area contributed by atoms with Crippen molar-refractivity contribution in [1.82, 2.24) is 0 Å². The Morgan fingerprint density at radius 3 is 1.94 bits per heavy atom. The van der Waals surface area contributed by atoms with Gasteiger partial charge in [-0.3, -0.25) is 0 Å². The Labute approximate surface area is 194 Å². The van der Waals surface area contributed by atoms with E-state index in [4.69, 9.17) is 0 Å². The summed E-state index contributed by atoms with van der Waals surface area (Å²) in [5, 5.41) is 0. The Morgan fingerprint density at radius 1 is 0.882 bits per heavy atom. The Kier molecular flexibility index (Phi) is 8.17. The first-order chi connectivity index (χ1) is 16.0. The predicted molar refractivity (Wildman–Crippen MR) is 114 cm³/mol. The average molecular weight is 486 g/mol. The zero-order valence-electron chi connectivity index (χ0n) is 18.8. The fourth-order valence-electron chi connectivity index (χ4n) is 4.55. The third-order valence-corrected chi connectivity index (χ3v) is 6.48. The van der Waals surface area contributed by atoms with Gasteiger partial charge in [-0.2, -0.15) is 0 Å². The maximum atomic E-state index is 14.6. The van der Waals surface area contributed by atoms with Crippen LogP contribution in [0.25, 0.3) is 0 Å². The second kappa shape index (κ2) is 10.7. The minimum Gasteiger partial charge on any atom is -0.399 e. The normalized spacial score (nSPS) is 19.3. The van der Waals surface area contributed by atoms with Gasteiger partial charge in [0.2, 0.25) is 5.75 Å². The molecular weight excluding hydrogens is 461 g/mol. The van der Waals surface area contributed by atoms with Crippen LogP contribution in [0.5, 0.6) is 5.75 Å². The first-order valence-electron chi connectivity index (χ1n) is 11.2. The van der Waals surface area contributed by atoms with E-state index in [-0.39, 0.29) is 5.92 Å². The molecule has 0 heterocycles. The van der Waals surface area contributed by atoms with Crippen molar-refractivity contribution in [3.8, 4) is 17.6 Å². The largest absolute Gasteiger partial charge is 0.573 e. The molecule has 0 N–H and O–H groups in total. The van der Waals surface area contributed by atoms with E-state index in [1.54, 1.807) is 0 Å². The van der Waals surface area contributed by atoms with Crippen LogP contribution in [0, 0.1) is 52.9 Å². The Balaban J connectivity index is 1.74. The lowest BCUT2D eigenvalue weighted by Gasteiger charge is -2.32. The molecule has 0 aromatic heterocycles. The van der Waals surface area contributed by atoms with Gasteiger partial charge in [0.15, 0.2) is 11.6 Å². The van der Waals surface area contributed by atoms with Crippen LogP contribution in [0.2, 0.25) is 0 Å². The number of benzene rings is 2. The lowest BCUT2D eigenvalue weighted by Crippen LogP contribution is -2.21. The summed E-state index contributed by atoms with van der Waals surface area (Å²) in [5.74, 6) is -0.848. The zero-order valence-corrected chi connectivity index (χ0v) is 18.8. The molecule has 0 radical (unpaired) electrons. The van der Waals surface area contributed by atoms with E-state index in [0.717, 1.165) is 18.8 Å². The van der Waals surface area contributed by atoms with E-state index in [9.17, 15) is 30.7 Å². The first kappa shape index (κ1) is 25.9. The number of rotatable bonds is 5. The molecule has 1 unspecified atom stereocenters. The zero-order chi connectivity index (χ0) is 25.0. The van der Waals surface area contributed by atoms with Crippen molar-refractivity contribution in [3.63, 3.8) is 0 Å². The van der Waals surface area contributed by atoms with Gasteiger partial charge < -0.3 is 4.74 Å². The van der Waals surface area contributed by atoms with Crippen LogP contribution in [0.3, 0.4) is 0 Å². The Morgan fingerprint density at radius 2 is 1.44 bits per heavy atom. The minimum atomic E-state index is -5.28. The van der Waals surface area contributed by atoms with Crippen molar-refractivity contribution in [1.29, 1.82) is 0 Å². The van der Waals surface area contributed by atoms with Crippen molar-refractivity contribution in [3.05, 3.63) is 64.2 Å². The van der Waals surface area contributed by atoms with E-state index >= 15 is 0 Å². The molecule has 184 valence electrons. The van der Waals surface area contributed by atoms with E-state index < -0.39 is 46.5 Å².